The SMILES string of the molecule is COc1c(C)ncnc1N(C)C(C)CN. The second kappa shape index (κ2) is 4.93. The number of hydrogen-bond acceptors (Lipinski definition) is 5. The van der Waals surface area contributed by atoms with Crippen LogP contribution in [0.1, 0.15) is 12.6 Å². The van der Waals surface area contributed by atoms with E-state index in [1.807, 2.05) is 25.8 Å². The first-order chi connectivity index (χ1) is 7.11. The molecule has 0 amide bonds. The number of anilines is 1. The van der Waals surface area contributed by atoms with Gasteiger partial charge < -0.3 is 15.4 Å². The molecule has 15 heavy (non-hydrogen) atoms. The number of hydrogen-bond donors (Lipinski definition) is 1. The summed E-state index contributed by atoms with van der Waals surface area (Å²) >= 11 is 0. The average molecular weight is 210 g/mol. The molecule has 0 aliphatic carbocycles. The summed E-state index contributed by atoms with van der Waals surface area (Å²) in [5.74, 6) is 1.49. The van der Waals surface area contributed by atoms with Gasteiger partial charge in [0.05, 0.1) is 12.8 Å². The molecule has 0 aliphatic rings. The van der Waals surface area contributed by atoms with Gasteiger partial charge in [0.1, 0.15) is 6.33 Å². The molecule has 1 heterocycles. The minimum Gasteiger partial charge on any atom is -0.491 e. The van der Waals surface area contributed by atoms with Gasteiger partial charge in [0.15, 0.2) is 11.6 Å². The first-order valence-electron chi connectivity index (χ1n) is 4.90. The number of aryl methyl sites for hydroxylation is 1. The third kappa shape index (κ3) is 2.36. The molecule has 1 rings (SSSR count). The molecule has 5 heteroatoms. The van der Waals surface area contributed by atoms with E-state index >= 15 is 0 Å². The van der Waals surface area contributed by atoms with E-state index in [0.717, 1.165) is 11.5 Å². The molecule has 84 valence electrons. The Hall–Kier alpha value is -1.36. The van der Waals surface area contributed by atoms with E-state index in [9.17, 15) is 0 Å². The quantitative estimate of drug-likeness (QED) is 0.787. The molecule has 0 saturated carbocycles. The Bertz CT molecular complexity index is 329. The van der Waals surface area contributed by atoms with E-state index in [1.54, 1.807) is 7.11 Å². The van der Waals surface area contributed by atoms with Crippen molar-refractivity contribution >= 4 is 5.82 Å². The van der Waals surface area contributed by atoms with Crippen LogP contribution in [0.2, 0.25) is 0 Å². The molecule has 0 spiro atoms. The lowest BCUT2D eigenvalue weighted by atomic mass is 10.3. The van der Waals surface area contributed by atoms with Gasteiger partial charge in [0, 0.05) is 19.6 Å². The second-order valence-corrected chi connectivity index (χ2v) is 3.51. The van der Waals surface area contributed by atoms with E-state index in [2.05, 4.69) is 9.97 Å². The highest BCUT2D eigenvalue weighted by molar-refractivity contribution is 5.54. The van der Waals surface area contributed by atoms with E-state index in [0.29, 0.717) is 12.3 Å². The summed E-state index contributed by atoms with van der Waals surface area (Å²) in [6.45, 7) is 4.50. The minimum absolute atomic E-state index is 0.216. The number of ether oxygens (including phenoxy) is 1. The monoisotopic (exact) mass is 210 g/mol. The first-order valence-corrected chi connectivity index (χ1v) is 4.90. The van der Waals surface area contributed by atoms with Gasteiger partial charge in [-0.1, -0.05) is 0 Å². The maximum absolute atomic E-state index is 5.61. The lowest BCUT2D eigenvalue weighted by Gasteiger charge is -2.26. The number of methoxy groups -OCH3 is 1. The largest absolute Gasteiger partial charge is 0.491 e. The van der Waals surface area contributed by atoms with Crippen molar-refractivity contribution in [1.29, 1.82) is 0 Å². The zero-order valence-electron chi connectivity index (χ0n) is 9.69. The van der Waals surface area contributed by atoms with Crippen LogP contribution in [0.25, 0.3) is 0 Å². The van der Waals surface area contributed by atoms with Crippen LogP contribution in [0, 0.1) is 6.92 Å². The van der Waals surface area contributed by atoms with Gasteiger partial charge in [-0.15, -0.1) is 0 Å². The summed E-state index contributed by atoms with van der Waals surface area (Å²) in [7, 11) is 3.57. The standard InChI is InChI=1S/C10H18N4O/c1-7(5-11)14(3)10-9(15-4)8(2)12-6-13-10/h6-7H,5,11H2,1-4H3. The molecule has 1 atom stereocenters. The fraction of sp³-hybridized carbons (Fsp3) is 0.600. The topological polar surface area (TPSA) is 64.3 Å². The van der Waals surface area contributed by atoms with Gasteiger partial charge >= 0.3 is 0 Å². The van der Waals surface area contributed by atoms with E-state index in [4.69, 9.17) is 10.5 Å². The van der Waals surface area contributed by atoms with Crippen molar-refractivity contribution in [2.45, 2.75) is 19.9 Å². The second-order valence-electron chi connectivity index (χ2n) is 3.51. The number of likely N-dealkylation sites (N-methyl/N-ethyl adjacent to an activating group) is 1. The molecule has 0 aliphatic heterocycles. The Morgan fingerprint density at radius 1 is 1.53 bits per heavy atom. The highest BCUT2D eigenvalue weighted by atomic mass is 16.5. The molecule has 0 saturated heterocycles. The maximum Gasteiger partial charge on any atom is 0.182 e. The van der Waals surface area contributed by atoms with Crippen LogP contribution in [0.3, 0.4) is 0 Å². The Balaban J connectivity index is 3.07. The lowest BCUT2D eigenvalue weighted by Crippen LogP contribution is -2.36. The fourth-order valence-corrected chi connectivity index (χ4v) is 1.31. The molecule has 2 N–H and O–H groups in total. The molecule has 0 fully saturated rings. The van der Waals surface area contributed by atoms with Crippen LogP contribution < -0.4 is 15.4 Å². The summed E-state index contributed by atoms with van der Waals surface area (Å²) in [5, 5.41) is 0. The number of nitrogens with zero attached hydrogens (tertiary/aromatic N) is 3. The van der Waals surface area contributed by atoms with Crippen molar-refractivity contribution in [3.05, 3.63) is 12.0 Å². The third-order valence-corrected chi connectivity index (χ3v) is 2.50. The Morgan fingerprint density at radius 3 is 2.73 bits per heavy atom. The fourth-order valence-electron chi connectivity index (χ4n) is 1.31. The maximum atomic E-state index is 5.61. The molecule has 0 radical (unpaired) electrons. The van der Waals surface area contributed by atoms with E-state index in [-0.39, 0.29) is 6.04 Å². The predicted octanol–water partition coefficient (Wildman–Crippen LogP) is 0.577. The third-order valence-electron chi connectivity index (χ3n) is 2.50. The molecule has 1 aromatic rings. The molecular formula is C10H18N4O. The Kier molecular flexibility index (Phi) is 3.85. The van der Waals surface area contributed by atoms with Crippen LogP contribution in [-0.4, -0.2) is 36.7 Å². The molecule has 1 aromatic heterocycles. The van der Waals surface area contributed by atoms with Crippen LogP contribution in [0.5, 0.6) is 5.75 Å². The van der Waals surface area contributed by atoms with Gasteiger partial charge in [-0.3, -0.25) is 0 Å². The van der Waals surface area contributed by atoms with Gasteiger partial charge in [-0.25, -0.2) is 9.97 Å². The Labute approximate surface area is 90.3 Å². The molecule has 5 nitrogen and oxygen atoms in total. The van der Waals surface area contributed by atoms with Crippen molar-refractivity contribution in [2.24, 2.45) is 5.73 Å². The van der Waals surface area contributed by atoms with Crippen LogP contribution in [0.4, 0.5) is 5.82 Å². The number of rotatable bonds is 4. The summed E-state index contributed by atoms with van der Waals surface area (Å²) in [4.78, 5) is 10.3. The molecule has 1 unspecified atom stereocenters. The number of nitrogens with two attached hydrogens (primary N) is 1. The highest BCUT2D eigenvalue weighted by Crippen LogP contribution is 2.27. The van der Waals surface area contributed by atoms with Crippen molar-refractivity contribution in [3.63, 3.8) is 0 Å². The normalized spacial score (nSPS) is 12.3. The first kappa shape index (κ1) is 11.7. The summed E-state index contributed by atoms with van der Waals surface area (Å²) in [5.41, 5.74) is 6.45. The zero-order valence-corrected chi connectivity index (χ0v) is 9.69. The molecule has 0 aromatic carbocycles. The van der Waals surface area contributed by atoms with E-state index in [1.165, 1.54) is 6.33 Å². The summed E-state index contributed by atoms with van der Waals surface area (Å²) < 4.78 is 5.28. The highest BCUT2D eigenvalue weighted by Gasteiger charge is 2.16. The molecule has 0 bridgehead atoms. The minimum atomic E-state index is 0.216. The van der Waals surface area contributed by atoms with Crippen molar-refractivity contribution in [1.82, 2.24) is 9.97 Å². The number of aromatic nitrogens is 2. The van der Waals surface area contributed by atoms with Crippen molar-refractivity contribution in [3.8, 4) is 5.75 Å². The summed E-state index contributed by atoms with van der Waals surface area (Å²) in [6, 6.07) is 0.216. The van der Waals surface area contributed by atoms with Gasteiger partial charge in [-0.2, -0.15) is 0 Å². The summed E-state index contributed by atoms with van der Waals surface area (Å²) in [6.07, 6.45) is 1.53. The van der Waals surface area contributed by atoms with Crippen LogP contribution in [-0.2, 0) is 0 Å². The van der Waals surface area contributed by atoms with Gasteiger partial charge in [0.25, 0.3) is 0 Å². The molecular weight excluding hydrogens is 192 g/mol. The van der Waals surface area contributed by atoms with E-state index < -0.39 is 0 Å². The predicted molar refractivity (Wildman–Crippen MR) is 60.2 cm³/mol. The lowest BCUT2D eigenvalue weighted by molar-refractivity contribution is 0.406. The van der Waals surface area contributed by atoms with Crippen molar-refractivity contribution in [2.75, 3.05) is 25.6 Å². The zero-order chi connectivity index (χ0) is 11.4. The van der Waals surface area contributed by atoms with Crippen molar-refractivity contribution < 1.29 is 4.74 Å². The smallest absolute Gasteiger partial charge is 0.182 e. The Morgan fingerprint density at radius 2 is 2.20 bits per heavy atom. The van der Waals surface area contributed by atoms with Crippen LogP contribution in [0.15, 0.2) is 6.33 Å². The van der Waals surface area contributed by atoms with Crippen LogP contribution >= 0.6 is 0 Å². The van der Waals surface area contributed by atoms with Gasteiger partial charge in [-0.05, 0) is 13.8 Å². The van der Waals surface area contributed by atoms with Gasteiger partial charge in [0.2, 0.25) is 0 Å². The average Bonchev–Trinajstić information content (AvgIpc) is 2.26.